The molecule has 0 aliphatic heterocycles. The molecule has 310 valence electrons. The van der Waals surface area contributed by atoms with Gasteiger partial charge in [0.25, 0.3) is 0 Å². The maximum Gasteiger partial charge on any atom is 0.0540 e. The Hall–Kier alpha value is -8.72. The second kappa shape index (κ2) is 16.8. The van der Waals surface area contributed by atoms with Crippen LogP contribution in [0.2, 0.25) is 0 Å². The molecule has 66 heavy (non-hydrogen) atoms. The Morgan fingerprint density at radius 2 is 0.500 bits per heavy atom. The zero-order valence-corrected chi connectivity index (χ0v) is 36.3. The van der Waals surface area contributed by atoms with Crippen molar-refractivity contribution >= 4 is 66.4 Å². The molecule has 0 bridgehead atoms. The Morgan fingerprint density at radius 3 is 0.864 bits per heavy atom. The van der Waals surface area contributed by atoms with E-state index in [1.807, 2.05) is 0 Å². The molecule has 0 heterocycles. The van der Waals surface area contributed by atoms with Gasteiger partial charge < -0.3 is 9.80 Å². The molecule has 0 aromatic heterocycles. The number of hydrogen-bond donors (Lipinski definition) is 0. The fourth-order valence-electron chi connectivity index (χ4n) is 9.79. The number of rotatable bonds is 10. The molecule has 0 atom stereocenters. The molecular weight excluding hydrogens is 797 g/mol. The molecule has 0 saturated heterocycles. The van der Waals surface area contributed by atoms with Crippen molar-refractivity contribution in [2.75, 3.05) is 9.80 Å². The van der Waals surface area contributed by atoms with Gasteiger partial charge in [-0.1, -0.05) is 206 Å². The Bertz CT molecular complexity index is 3360. The summed E-state index contributed by atoms with van der Waals surface area (Å²) in [6.07, 6.45) is 0. The topological polar surface area (TPSA) is 6.48 Å². The predicted molar refractivity (Wildman–Crippen MR) is 281 cm³/mol. The molecule has 0 amide bonds. The zero-order valence-electron chi connectivity index (χ0n) is 36.3. The lowest BCUT2D eigenvalue weighted by Gasteiger charge is -2.30. The van der Waals surface area contributed by atoms with Crippen molar-refractivity contribution in [2.45, 2.75) is 0 Å². The van der Waals surface area contributed by atoms with Crippen molar-refractivity contribution in [2.24, 2.45) is 0 Å². The first kappa shape index (κ1) is 38.9. The van der Waals surface area contributed by atoms with E-state index in [-0.39, 0.29) is 0 Å². The Labute approximate surface area is 385 Å². The van der Waals surface area contributed by atoms with E-state index in [0.29, 0.717) is 0 Å². The fraction of sp³-hybridized carbons (Fsp3) is 0. The van der Waals surface area contributed by atoms with Gasteiger partial charge in [0.2, 0.25) is 0 Å². The molecule has 0 fully saturated rings. The highest BCUT2D eigenvalue weighted by Crippen LogP contribution is 2.48. The first-order valence-corrected chi connectivity index (χ1v) is 22.7. The number of benzene rings is 12. The van der Waals surface area contributed by atoms with E-state index in [2.05, 4.69) is 277 Å². The summed E-state index contributed by atoms with van der Waals surface area (Å²) >= 11 is 0. The van der Waals surface area contributed by atoms with Gasteiger partial charge in [0, 0.05) is 33.5 Å². The van der Waals surface area contributed by atoms with Gasteiger partial charge in [-0.05, 0) is 127 Å². The number of nitrogens with zero attached hydrogens (tertiary/aromatic N) is 2. The van der Waals surface area contributed by atoms with Crippen LogP contribution in [0, 0.1) is 0 Å². The Balaban J connectivity index is 1.05. The summed E-state index contributed by atoms with van der Waals surface area (Å²) < 4.78 is 0. The predicted octanol–water partition coefficient (Wildman–Crippen LogP) is 18.2. The minimum atomic E-state index is 1.10. The van der Waals surface area contributed by atoms with Crippen LogP contribution >= 0.6 is 0 Å². The third-order valence-corrected chi connectivity index (χ3v) is 13.0. The second-order valence-corrected chi connectivity index (χ2v) is 16.9. The lowest BCUT2D eigenvalue weighted by molar-refractivity contribution is 1.30. The second-order valence-electron chi connectivity index (χ2n) is 16.9. The van der Waals surface area contributed by atoms with Gasteiger partial charge in [0.15, 0.2) is 0 Å². The largest absolute Gasteiger partial charge is 0.310 e. The molecule has 12 aromatic rings. The summed E-state index contributed by atoms with van der Waals surface area (Å²) in [6, 6.07) is 97.0. The van der Waals surface area contributed by atoms with E-state index < -0.39 is 0 Å². The molecule has 0 aliphatic carbocycles. The minimum Gasteiger partial charge on any atom is -0.310 e. The van der Waals surface area contributed by atoms with E-state index in [4.69, 9.17) is 0 Å². The summed E-state index contributed by atoms with van der Waals surface area (Å²) in [6.45, 7) is 0. The van der Waals surface area contributed by atoms with Gasteiger partial charge >= 0.3 is 0 Å². The van der Waals surface area contributed by atoms with Crippen LogP contribution in [0.4, 0.5) is 34.1 Å². The Morgan fingerprint density at radius 1 is 0.197 bits per heavy atom. The molecular formula is C64H44N2. The lowest BCUT2D eigenvalue weighted by Crippen LogP contribution is -2.11. The average Bonchev–Trinajstić information content (AvgIpc) is 3.40. The maximum atomic E-state index is 2.43. The van der Waals surface area contributed by atoms with Crippen LogP contribution in [-0.2, 0) is 0 Å². The van der Waals surface area contributed by atoms with E-state index in [0.717, 1.165) is 34.1 Å². The van der Waals surface area contributed by atoms with Gasteiger partial charge in [-0.2, -0.15) is 0 Å². The molecule has 12 aromatic carbocycles. The van der Waals surface area contributed by atoms with E-state index in [1.165, 1.54) is 76.8 Å². The summed E-state index contributed by atoms with van der Waals surface area (Å²) in [5.41, 5.74) is 16.2. The van der Waals surface area contributed by atoms with Crippen LogP contribution in [0.25, 0.3) is 76.8 Å². The molecule has 0 N–H and O–H groups in total. The van der Waals surface area contributed by atoms with Crippen LogP contribution in [-0.4, -0.2) is 0 Å². The number of hydrogen-bond acceptors (Lipinski definition) is 2. The van der Waals surface area contributed by atoms with Gasteiger partial charge in [-0.25, -0.2) is 0 Å². The van der Waals surface area contributed by atoms with E-state index in [1.54, 1.807) is 0 Å². The first-order chi connectivity index (χ1) is 32.7. The van der Waals surface area contributed by atoms with Crippen molar-refractivity contribution in [3.05, 3.63) is 267 Å². The average molecular weight is 841 g/mol. The monoisotopic (exact) mass is 840 g/mol. The molecule has 2 heteroatoms. The highest BCUT2D eigenvalue weighted by molar-refractivity contribution is 6.28. The fourth-order valence-corrected chi connectivity index (χ4v) is 9.79. The summed E-state index contributed by atoms with van der Waals surface area (Å²) in [5.74, 6) is 0. The molecule has 0 unspecified atom stereocenters. The van der Waals surface area contributed by atoms with Gasteiger partial charge in [0.1, 0.15) is 0 Å². The van der Waals surface area contributed by atoms with Gasteiger partial charge in [0.05, 0.1) is 11.4 Å². The standard InChI is InChI=1S/C64H44N2/c1-5-15-45(16-6-1)49-27-35-55(36-28-49)65(57-25-13-23-53(43-57)47-19-9-3-10-20-47)61-41-33-51-32-40-60-62(42-34-52-31-39-59(61)63(51)64(52)60)66(56-37-29-50(30-38-56)46-17-7-2-8-18-46)58-26-14-24-54(44-58)48-21-11-4-12-22-48/h1-44H. The molecule has 2 nitrogen and oxygen atoms in total. The van der Waals surface area contributed by atoms with Gasteiger partial charge in [-0.3, -0.25) is 0 Å². The van der Waals surface area contributed by atoms with Crippen molar-refractivity contribution in [3.63, 3.8) is 0 Å². The molecule has 12 rings (SSSR count). The van der Waals surface area contributed by atoms with Crippen LogP contribution in [0.3, 0.4) is 0 Å². The highest BCUT2D eigenvalue weighted by Gasteiger charge is 2.22. The van der Waals surface area contributed by atoms with Crippen LogP contribution in [0.1, 0.15) is 0 Å². The summed E-state index contributed by atoms with van der Waals surface area (Å²) in [5, 5.41) is 7.34. The molecule has 0 radical (unpaired) electrons. The van der Waals surface area contributed by atoms with Crippen LogP contribution in [0.15, 0.2) is 267 Å². The van der Waals surface area contributed by atoms with Crippen LogP contribution < -0.4 is 9.80 Å². The third kappa shape index (κ3) is 7.12. The van der Waals surface area contributed by atoms with Crippen molar-refractivity contribution in [1.82, 2.24) is 0 Å². The summed E-state index contributed by atoms with van der Waals surface area (Å²) in [7, 11) is 0. The quantitative estimate of drug-likeness (QED) is 0.127. The summed E-state index contributed by atoms with van der Waals surface area (Å²) in [4.78, 5) is 4.87. The molecule has 0 spiro atoms. The normalized spacial score (nSPS) is 11.3. The lowest BCUT2D eigenvalue weighted by atomic mass is 9.91. The van der Waals surface area contributed by atoms with Crippen molar-refractivity contribution < 1.29 is 0 Å². The van der Waals surface area contributed by atoms with Crippen LogP contribution in [0.5, 0.6) is 0 Å². The third-order valence-electron chi connectivity index (χ3n) is 13.0. The van der Waals surface area contributed by atoms with Gasteiger partial charge in [-0.15, -0.1) is 0 Å². The smallest absolute Gasteiger partial charge is 0.0540 e. The molecule has 0 aliphatic rings. The zero-order chi connectivity index (χ0) is 43.8. The SMILES string of the molecule is c1ccc(-c2ccc(N(c3cccc(-c4ccccc4)c3)c3ccc4ccc5c(N(c6ccc(-c7ccccc7)cc6)c6cccc(-c7ccccc7)c6)ccc6ccc3c4c65)cc2)cc1. The minimum absolute atomic E-state index is 1.10. The highest BCUT2D eigenvalue weighted by atomic mass is 15.1. The van der Waals surface area contributed by atoms with E-state index in [9.17, 15) is 0 Å². The maximum absolute atomic E-state index is 2.43. The van der Waals surface area contributed by atoms with E-state index >= 15 is 0 Å². The van der Waals surface area contributed by atoms with Crippen molar-refractivity contribution in [3.8, 4) is 44.5 Å². The Kier molecular flexibility index (Phi) is 9.89. The first-order valence-electron chi connectivity index (χ1n) is 22.7. The molecule has 0 saturated carbocycles. The van der Waals surface area contributed by atoms with Crippen molar-refractivity contribution in [1.29, 1.82) is 0 Å². The number of anilines is 6.